The smallest absolute Gasteiger partial charge is 0.276 e. The Kier molecular flexibility index (Phi) is 3.64. The summed E-state index contributed by atoms with van der Waals surface area (Å²) in [5.74, 6) is 0.510. The summed E-state index contributed by atoms with van der Waals surface area (Å²) in [5.41, 5.74) is -2.00. The van der Waals surface area contributed by atoms with E-state index in [1.165, 1.54) is 0 Å². The van der Waals surface area contributed by atoms with Gasteiger partial charge in [0, 0.05) is 13.2 Å². The molecule has 2 unspecified atom stereocenters. The van der Waals surface area contributed by atoms with Gasteiger partial charge in [0.25, 0.3) is 12.3 Å². The summed E-state index contributed by atoms with van der Waals surface area (Å²) in [5, 5.41) is 6.92. The van der Waals surface area contributed by atoms with Gasteiger partial charge in [0.2, 0.25) is 5.60 Å². The van der Waals surface area contributed by atoms with Crippen LogP contribution in [-0.2, 0) is 16.1 Å². The SMILES string of the molecule is Cc1nc2n(n1)CCCC2NC(=O)C1(C(F)F)CCCO1. The van der Waals surface area contributed by atoms with Gasteiger partial charge in [-0.25, -0.2) is 18.4 Å². The third-order valence-corrected chi connectivity index (χ3v) is 4.07. The summed E-state index contributed by atoms with van der Waals surface area (Å²) in [4.78, 5) is 16.6. The Bertz CT molecular complexity index is 540. The van der Waals surface area contributed by atoms with Crippen molar-refractivity contribution >= 4 is 5.91 Å². The molecule has 116 valence electrons. The zero-order chi connectivity index (χ0) is 15.0. The number of amides is 1. The number of nitrogens with zero attached hydrogens (tertiary/aromatic N) is 3. The third-order valence-electron chi connectivity index (χ3n) is 4.07. The van der Waals surface area contributed by atoms with E-state index in [2.05, 4.69) is 15.4 Å². The van der Waals surface area contributed by atoms with Crippen molar-refractivity contribution in [3.05, 3.63) is 11.6 Å². The molecule has 0 saturated carbocycles. The normalized spacial score (nSPS) is 28.7. The molecule has 1 fully saturated rings. The summed E-state index contributed by atoms with van der Waals surface area (Å²) in [6, 6.07) is -0.382. The number of alkyl halides is 2. The van der Waals surface area contributed by atoms with E-state index in [1.54, 1.807) is 11.6 Å². The highest BCUT2D eigenvalue weighted by Gasteiger charge is 2.51. The van der Waals surface area contributed by atoms with Gasteiger partial charge in [0.15, 0.2) is 0 Å². The number of rotatable bonds is 3. The van der Waals surface area contributed by atoms with Crippen molar-refractivity contribution in [1.29, 1.82) is 0 Å². The molecule has 1 amide bonds. The average Bonchev–Trinajstić information content (AvgIpc) is 3.05. The molecule has 1 aromatic rings. The second-order valence-corrected chi connectivity index (χ2v) is 5.55. The largest absolute Gasteiger partial charge is 0.360 e. The number of aromatic nitrogens is 3. The van der Waals surface area contributed by atoms with E-state index in [4.69, 9.17) is 4.74 Å². The first kappa shape index (κ1) is 14.4. The molecule has 2 atom stereocenters. The molecule has 0 aromatic carbocycles. The molecular weight excluding hydrogens is 282 g/mol. The van der Waals surface area contributed by atoms with Crippen LogP contribution in [0.4, 0.5) is 8.78 Å². The molecule has 0 aliphatic carbocycles. The van der Waals surface area contributed by atoms with Crippen molar-refractivity contribution in [3.63, 3.8) is 0 Å². The fourth-order valence-electron chi connectivity index (χ4n) is 3.00. The van der Waals surface area contributed by atoms with Crippen molar-refractivity contribution in [1.82, 2.24) is 20.1 Å². The fraction of sp³-hybridized carbons (Fsp3) is 0.769. The lowest BCUT2D eigenvalue weighted by molar-refractivity contribution is -0.161. The first-order valence-electron chi connectivity index (χ1n) is 7.17. The summed E-state index contributed by atoms with van der Waals surface area (Å²) >= 11 is 0. The Morgan fingerprint density at radius 3 is 3.00 bits per heavy atom. The molecule has 2 aliphatic heterocycles. The molecule has 1 saturated heterocycles. The number of carbonyl (C=O) groups excluding carboxylic acids is 1. The van der Waals surface area contributed by atoms with Gasteiger partial charge in [0.1, 0.15) is 11.6 Å². The van der Waals surface area contributed by atoms with Crippen LogP contribution >= 0.6 is 0 Å². The Labute approximate surface area is 120 Å². The molecular formula is C13H18F2N4O2. The van der Waals surface area contributed by atoms with E-state index >= 15 is 0 Å². The fourth-order valence-corrected chi connectivity index (χ4v) is 3.00. The topological polar surface area (TPSA) is 69.0 Å². The van der Waals surface area contributed by atoms with Crippen molar-refractivity contribution in [3.8, 4) is 0 Å². The highest BCUT2D eigenvalue weighted by molar-refractivity contribution is 5.86. The zero-order valence-electron chi connectivity index (χ0n) is 11.8. The minimum atomic E-state index is -2.83. The lowest BCUT2D eigenvalue weighted by Crippen LogP contribution is -2.53. The molecule has 2 aliphatic rings. The van der Waals surface area contributed by atoms with Gasteiger partial charge < -0.3 is 10.1 Å². The second-order valence-electron chi connectivity index (χ2n) is 5.55. The molecule has 8 heteroatoms. The molecule has 3 rings (SSSR count). The lowest BCUT2D eigenvalue weighted by Gasteiger charge is -2.30. The predicted molar refractivity (Wildman–Crippen MR) is 68.8 cm³/mol. The summed E-state index contributed by atoms with van der Waals surface area (Å²) in [6.07, 6.45) is -0.817. The quantitative estimate of drug-likeness (QED) is 0.915. The highest BCUT2D eigenvalue weighted by Crippen LogP contribution is 2.33. The van der Waals surface area contributed by atoms with Crippen LogP contribution in [0.25, 0.3) is 0 Å². The standard InChI is InChI=1S/C13H18F2N4O2/c1-8-16-10-9(4-2-6-19(10)18-8)17-12(20)13(11(14)15)5-3-7-21-13/h9,11H,2-7H2,1H3,(H,17,20). The van der Waals surface area contributed by atoms with E-state index in [0.717, 1.165) is 13.0 Å². The Balaban J connectivity index is 1.79. The number of halogens is 2. The molecule has 1 aromatic heterocycles. The molecule has 1 N–H and O–H groups in total. The van der Waals surface area contributed by atoms with E-state index in [9.17, 15) is 13.6 Å². The van der Waals surface area contributed by atoms with E-state index in [0.29, 0.717) is 24.5 Å². The van der Waals surface area contributed by atoms with Crippen LogP contribution in [0.15, 0.2) is 0 Å². The van der Waals surface area contributed by atoms with Crippen LogP contribution in [0.2, 0.25) is 0 Å². The summed E-state index contributed by atoms with van der Waals surface area (Å²) < 4.78 is 33.4. The Hall–Kier alpha value is -1.57. The summed E-state index contributed by atoms with van der Waals surface area (Å²) in [7, 11) is 0. The average molecular weight is 300 g/mol. The number of carbonyl (C=O) groups is 1. The number of aryl methyl sites for hydroxylation is 2. The van der Waals surface area contributed by atoms with Crippen LogP contribution in [0.3, 0.4) is 0 Å². The number of fused-ring (bicyclic) bond motifs is 1. The van der Waals surface area contributed by atoms with Crippen LogP contribution in [-0.4, -0.2) is 39.3 Å². The van der Waals surface area contributed by atoms with Crippen molar-refractivity contribution in [2.45, 2.75) is 57.2 Å². The van der Waals surface area contributed by atoms with E-state index in [-0.39, 0.29) is 19.1 Å². The van der Waals surface area contributed by atoms with Crippen molar-refractivity contribution in [2.75, 3.05) is 6.61 Å². The first-order valence-corrected chi connectivity index (χ1v) is 7.17. The second kappa shape index (κ2) is 5.32. The molecule has 21 heavy (non-hydrogen) atoms. The molecule has 0 bridgehead atoms. The minimum Gasteiger partial charge on any atom is -0.360 e. The highest BCUT2D eigenvalue weighted by atomic mass is 19.3. The number of nitrogens with one attached hydrogen (secondary N) is 1. The zero-order valence-corrected chi connectivity index (χ0v) is 11.8. The number of hydrogen-bond acceptors (Lipinski definition) is 4. The minimum absolute atomic E-state index is 0.0505. The monoisotopic (exact) mass is 300 g/mol. The third kappa shape index (κ3) is 2.41. The van der Waals surface area contributed by atoms with E-state index in [1.807, 2.05) is 0 Å². The van der Waals surface area contributed by atoms with Crippen LogP contribution in [0, 0.1) is 6.92 Å². The molecule has 6 nitrogen and oxygen atoms in total. The van der Waals surface area contributed by atoms with Gasteiger partial charge in [0.05, 0.1) is 6.04 Å². The summed E-state index contributed by atoms with van der Waals surface area (Å²) in [6.45, 7) is 2.70. The maximum Gasteiger partial charge on any atom is 0.276 e. The van der Waals surface area contributed by atoms with Crippen molar-refractivity contribution in [2.24, 2.45) is 0 Å². The molecule has 0 radical (unpaired) electrons. The van der Waals surface area contributed by atoms with Crippen LogP contribution in [0.1, 0.15) is 43.4 Å². The number of hydrogen-bond donors (Lipinski definition) is 1. The van der Waals surface area contributed by atoms with Gasteiger partial charge in [-0.15, -0.1) is 0 Å². The maximum atomic E-state index is 13.3. The van der Waals surface area contributed by atoms with Crippen LogP contribution < -0.4 is 5.32 Å². The van der Waals surface area contributed by atoms with Crippen LogP contribution in [0.5, 0.6) is 0 Å². The Morgan fingerprint density at radius 1 is 1.52 bits per heavy atom. The van der Waals surface area contributed by atoms with E-state index < -0.39 is 17.9 Å². The predicted octanol–water partition coefficient (Wildman–Crippen LogP) is 1.35. The molecule has 3 heterocycles. The lowest BCUT2D eigenvalue weighted by atomic mass is 9.98. The van der Waals surface area contributed by atoms with Gasteiger partial charge in [-0.3, -0.25) is 4.79 Å². The van der Waals surface area contributed by atoms with Gasteiger partial charge in [-0.2, -0.15) is 5.10 Å². The first-order chi connectivity index (χ1) is 10.0. The maximum absolute atomic E-state index is 13.3. The molecule has 0 spiro atoms. The van der Waals surface area contributed by atoms with Gasteiger partial charge in [-0.05, 0) is 32.6 Å². The number of ether oxygens (including phenoxy) is 1. The van der Waals surface area contributed by atoms with Crippen molar-refractivity contribution < 1.29 is 18.3 Å². The Morgan fingerprint density at radius 2 is 2.33 bits per heavy atom. The van der Waals surface area contributed by atoms with Gasteiger partial charge >= 0.3 is 0 Å². The van der Waals surface area contributed by atoms with Gasteiger partial charge in [-0.1, -0.05) is 0 Å².